The van der Waals surface area contributed by atoms with E-state index in [2.05, 4.69) is 22.4 Å². The summed E-state index contributed by atoms with van der Waals surface area (Å²) < 4.78 is 11.9. The molecule has 0 radical (unpaired) electrons. The summed E-state index contributed by atoms with van der Waals surface area (Å²) in [6.07, 6.45) is 2.41. The van der Waals surface area contributed by atoms with E-state index >= 15 is 0 Å². The number of fused-ring (bicyclic) bond motifs is 3. The van der Waals surface area contributed by atoms with Gasteiger partial charge in [0.25, 0.3) is 5.91 Å². The molecule has 7 heteroatoms. The Morgan fingerprint density at radius 3 is 2.52 bits per heavy atom. The number of aliphatic imine (C=N–C) groups is 1. The van der Waals surface area contributed by atoms with Crippen molar-refractivity contribution in [2.45, 2.75) is 31.2 Å². The Labute approximate surface area is 157 Å². The van der Waals surface area contributed by atoms with E-state index < -0.39 is 22.8 Å². The van der Waals surface area contributed by atoms with Crippen LogP contribution >= 0.6 is 0 Å². The highest BCUT2D eigenvalue weighted by atomic mass is 16.8. The predicted octanol–water partition coefficient (Wildman–Crippen LogP) is 1.86. The van der Waals surface area contributed by atoms with Crippen LogP contribution in [0.15, 0.2) is 46.6 Å². The monoisotopic (exact) mass is 361 g/mol. The van der Waals surface area contributed by atoms with Crippen molar-refractivity contribution in [3.8, 4) is 12.1 Å². The first-order chi connectivity index (χ1) is 13.1. The Hall–Kier alpha value is -2.87. The quantitative estimate of drug-likeness (QED) is 0.788. The molecular weight excluding hydrogens is 342 g/mol. The molecule has 1 aromatic carbocycles. The van der Waals surface area contributed by atoms with Crippen LogP contribution in [0.4, 0.5) is 0 Å². The molecule has 0 bridgehead atoms. The number of nitrogens with two attached hydrogens (primary N) is 1. The Morgan fingerprint density at radius 1 is 1.11 bits per heavy atom. The number of allylic oxidation sites excluding steroid dienone is 1. The summed E-state index contributed by atoms with van der Waals surface area (Å²) in [6, 6.07) is 13.9. The summed E-state index contributed by atoms with van der Waals surface area (Å²) in [7, 11) is 0. The zero-order chi connectivity index (χ0) is 18.7. The molecule has 1 fully saturated rings. The number of rotatable bonds is 1. The molecule has 1 saturated heterocycles. The molecule has 1 spiro atoms. The lowest BCUT2D eigenvalue weighted by Crippen LogP contribution is -2.63. The molecule has 5 rings (SSSR count). The third-order valence-corrected chi connectivity index (χ3v) is 6.31. The van der Waals surface area contributed by atoms with E-state index in [-0.39, 0.29) is 5.84 Å². The first-order valence-electron chi connectivity index (χ1n) is 9.15. The van der Waals surface area contributed by atoms with Crippen LogP contribution in [0.1, 0.15) is 30.9 Å². The summed E-state index contributed by atoms with van der Waals surface area (Å²) in [6.45, 7) is 0.627. The van der Waals surface area contributed by atoms with Crippen molar-refractivity contribution in [3.63, 3.8) is 0 Å². The van der Waals surface area contributed by atoms with Crippen molar-refractivity contribution < 1.29 is 9.47 Å². The molecule has 0 amide bonds. The number of benzene rings is 1. The Bertz CT molecular complexity index is 951. The third kappa shape index (κ3) is 1.65. The maximum atomic E-state index is 10.6. The molecule has 4 aliphatic rings. The molecule has 0 saturated carbocycles. The average Bonchev–Trinajstić information content (AvgIpc) is 3.40. The molecule has 27 heavy (non-hydrogen) atoms. The summed E-state index contributed by atoms with van der Waals surface area (Å²) in [4.78, 5) is 4.52. The lowest BCUT2D eigenvalue weighted by atomic mass is 9.53. The van der Waals surface area contributed by atoms with Crippen LogP contribution in [0.25, 0.3) is 0 Å². The molecule has 3 aliphatic heterocycles. The van der Waals surface area contributed by atoms with E-state index in [0.29, 0.717) is 19.6 Å². The van der Waals surface area contributed by atoms with Gasteiger partial charge >= 0.3 is 0 Å². The van der Waals surface area contributed by atoms with E-state index in [1.54, 1.807) is 0 Å². The van der Waals surface area contributed by atoms with Crippen LogP contribution in [0.3, 0.4) is 0 Å². The van der Waals surface area contributed by atoms with E-state index in [0.717, 1.165) is 29.7 Å². The fraction of sp³-hybridized carbons (Fsp3) is 0.450. The van der Waals surface area contributed by atoms with Crippen molar-refractivity contribution in [3.05, 3.63) is 47.2 Å². The minimum absolute atomic E-state index is 0.0910. The molecule has 7 nitrogen and oxygen atoms in total. The van der Waals surface area contributed by atoms with Crippen molar-refractivity contribution in [1.29, 1.82) is 10.5 Å². The summed E-state index contributed by atoms with van der Waals surface area (Å²) in [5.74, 6) is -1.46. The van der Waals surface area contributed by atoms with Crippen LogP contribution in [-0.4, -0.2) is 25.0 Å². The lowest BCUT2D eigenvalue weighted by molar-refractivity contribution is -0.212. The molecule has 0 aromatic heterocycles. The second-order valence-corrected chi connectivity index (χ2v) is 7.36. The standard InChI is InChI=1S/C20H19N5O2/c21-11-18-16(13-5-2-1-3-6-13)24-15-8-4-7-14(15)19(18,12-22)20(25-17(18)23)26-9-10-27-20/h1-3,5-6,16,24H,4,7-10H2,(H2,23,25)/t16-,18-,19-/m1/s1. The number of amidine groups is 1. The molecular formula is C20H19N5O2. The van der Waals surface area contributed by atoms with Crippen LogP contribution in [0, 0.1) is 33.5 Å². The molecule has 1 aliphatic carbocycles. The fourth-order valence-electron chi connectivity index (χ4n) is 5.26. The smallest absolute Gasteiger partial charge is 0.297 e. The molecule has 136 valence electrons. The van der Waals surface area contributed by atoms with Gasteiger partial charge in [0.05, 0.1) is 31.4 Å². The van der Waals surface area contributed by atoms with Gasteiger partial charge in [-0.25, -0.2) is 4.99 Å². The van der Waals surface area contributed by atoms with Gasteiger partial charge in [0.1, 0.15) is 5.84 Å². The van der Waals surface area contributed by atoms with Gasteiger partial charge in [-0.15, -0.1) is 0 Å². The van der Waals surface area contributed by atoms with Gasteiger partial charge < -0.3 is 20.5 Å². The topological polar surface area (TPSA) is 116 Å². The van der Waals surface area contributed by atoms with Gasteiger partial charge in [-0.2, -0.15) is 10.5 Å². The number of ether oxygens (including phenoxy) is 2. The van der Waals surface area contributed by atoms with Gasteiger partial charge in [0.2, 0.25) is 0 Å². The summed E-state index contributed by atoms with van der Waals surface area (Å²) >= 11 is 0. The number of nitriles is 2. The SMILES string of the molecule is N#C[C@@]12C(N)=NC3(OCCO3)[C@]1(C#N)C1=C(CCC1)N[C@@H]2c1ccccc1. The second kappa shape index (κ2) is 5.32. The molecule has 0 unspecified atom stereocenters. The van der Waals surface area contributed by atoms with Gasteiger partial charge in [0, 0.05) is 5.70 Å². The minimum atomic E-state index is -1.55. The maximum absolute atomic E-state index is 10.6. The number of nitrogens with one attached hydrogen (secondary N) is 1. The van der Waals surface area contributed by atoms with E-state index in [1.165, 1.54) is 0 Å². The summed E-state index contributed by atoms with van der Waals surface area (Å²) in [5.41, 5.74) is 6.30. The molecule has 3 N–H and O–H groups in total. The van der Waals surface area contributed by atoms with E-state index in [9.17, 15) is 10.5 Å². The average molecular weight is 361 g/mol. The third-order valence-electron chi connectivity index (χ3n) is 6.31. The van der Waals surface area contributed by atoms with Gasteiger partial charge in [-0.05, 0) is 30.4 Å². The first kappa shape index (κ1) is 16.3. The van der Waals surface area contributed by atoms with Crippen LogP contribution in [0.2, 0.25) is 0 Å². The summed E-state index contributed by atoms with van der Waals surface area (Å²) in [5, 5.41) is 24.6. The van der Waals surface area contributed by atoms with Crippen molar-refractivity contribution in [1.82, 2.24) is 5.32 Å². The second-order valence-electron chi connectivity index (χ2n) is 7.36. The fourth-order valence-corrected chi connectivity index (χ4v) is 5.26. The van der Waals surface area contributed by atoms with Gasteiger partial charge in [-0.1, -0.05) is 30.3 Å². The Balaban J connectivity index is 1.85. The highest BCUT2D eigenvalue weighted by molar-refractivity contribution is 5.96. The van der Waals surface area contributed by atoms with Crippen molar-refractivity contribution >= 4 is 5.84 Å². The van der Waals surface area contributed by atoms with Crippen molar-refractivity contribution in [2.24, 2.45) is 21.6 Å². The lowest BCUT2D eigenvalue weighted by Gasteiger charge is -2.50. The van der Waals surface area contributed by atoms with Gasteiger partial charge in [-0.3, -0.25) is 0 Å². The zero-order valence-corrected chi connectivity index (χ0v) is 14.7. The molecule has 1 aromatic rings. The highest BCUT2D eigenvalue weighted by Crippen LogP contribution is 2.68. The Morgan fingerprint density at radius 2 is 1.85 bits per heavy atom. The van der Waals surface area contributed by atoms with Crippen molar-refractivity contribution in [2.75, 3.05) is 13.2 Å². The Kier molecular flexibility index (Phi) is 3.22. The zero-order valence-electron chi connectivity index (χ0n) is 14.7. The van der Waals surface area contributed by atoms with Crippen LogP contribution < -0.4 is 11.1 Å². The van der Waals surface area contributed by atoms with E-state index in [4.69, 9.17) is 15.2 Å². The highest BCUT2D eigenvalue weighted by Gasteiger charge is 2.80. The van der Waals surface area contributed by atoms with Crippen LogP contribution in [-0.2, 0) is 9.47 Å². The normalized spacial score (nSPS) is 35.8. The van der Waals surface area contributed by atoms with Gasteiger partial charge in [0.15, 0.2) is 10.8 Å². The first-order valence-corrected chi connectivity index (χ1v) is 9.15. The number of hydrogen-bond donors (Lipinski definition) is 2. The number of hydrogen-bond acceptors (Lipinski definition) is 7. The van der Waals surface area contributed by atoms with E-state index in [1.807, 2.05) is 30.3 Å². The van der Waals surface area contributed by atoms with Crippen LogP contribution in [0.5, 0.6) is 0 Å². The molecule has 3 heterocycles. The molecule has 3 atom stereocenters. The predicted molar refractivity (Wildman–Crippen MR) is 95.5 cm³/mol. The number of nitrogens with zero attached hydrogens (tertiary/aromatic N) is 3. The maximum Gasteiger partial charge on any atom is 0.297 e. The minimum Gasteiger partial charge on any atom is -0.386 e. The largest absolute Gasteiger partial charge is 0.386 e.